The minimum Gasteiger partial charge on any atom is -0.491 e. The van der Waals surface area contributed by atoms with E-state index in [2.05, 4.69) is 25.1 Å². The summed E-state index contributed by atoms with van der Waals surface area (Å²) in [5.41, 5.74) is 6.36. The number of hydrogen-bond acceptors (Lipinski definition) is 6. The fourth-order valence-corrected chi connectivity index (χ4v) is 5.20. The van der Waals surface area contributed by atoms with Crippen LogP contribution in [0.5, 0.6) is 5.75 Å². The van der Waals surface area contributed by atoms with E-state index < -0.39 is 0 Å². The van der Waals surface area contributed by atoms with Crippen molar-refractivity contribution in [3.05, 3.63) is 78.9 Å². The first-order valence-electron chi connectivity index (χ1n) is 13.1. The maximum Gasteiger partial charge on any atom is 0.161 e. The smallest absolute Gasteiger partial charge is 0.161 e. The molecule has 0 unspecified atom stereocenters. The van der Waals surface area contributed by atoms with Crippen molar-refractivity contribution < 1.29 is 9.13 Å². The molecule has 194 valence electrons. The van der Waals surface area contributed by atoms with Crippen LogP contribution in [0, 0.1) is 5.82 Å². The third-order valence-electron chi connectivity index (χ3n) is 7.19. The molecule has 9 heteroatoms. The Morgan fingerprint density at radius 3 is 2.64 bits per heavy atom. The van der Waals surface area contributed by atoms with Crippen molar-refractivity contribution in [1.82, 2.24) is 35.0 Å². The molecule has 8 nitrogen and oxygen atoms in total. The Kier molecular flexibility index (Phi) is 5.97. The van der Waals surface area contributed by atoms with Gasteiger partial charge in [-0.2, -0.15) is 5.10 Å². The molecule has 6 aromatic rings. The molecule has 4 aromatic heterocycles. The Morgan fingerprint density at radius 2 is 1.74 bits per heavy atom. The number of fused-ring (bicyclic) bond motifs is 2. The molecule has 39 heavy (non-hydrogen) atoms. The monoisotopic (exact) mass is 519 g/mol. The Bertz CT molecular complexity index is 1790. The summed E-state index contributed by atoms with van der Waals surface area (Å²) >= 11 is 0. The molecule has 5 heterocycles. The van der Waals surface area contributed by atoms with Crippen LogP contribution in [0.4, 0.5) is 4.39 Å². The second-order valence-corrected chi connectivity index (χ2v) is 9.74. The number of nitrogens with one attached hydrogen (secondary N) is 2. The van der Waals surface area contributed by atoms with E-state index in [4.69, 9.17) is 14.7 Å². The highest BCUT2D eigenvalue weighted by atomic mass is 19.1. The number of benzene rings is 2. The molecule has 1 fully saturated rings. The van der Waals surface area contributed by atoms with E-state index in [1.165, 1.54) is 18.9 Å². The minimum absolute atomic E-state index is 0.290. The minimum atomic E-state index is -0.290. The normalized spacial score (nSPS) is 14.0. The summed E-state index contributed by atoms with van der Waals surface area (Å²) < 4.78 is 20.6. The fourth-order valence-electron chi connectivity index (χ4n) is 5.20. The van der Waals surface area contributed by atoms with E-state index in [-0.39, 0.29) is 5.82 Å². The zero-order valence-corrected chi connectivity index (χ0v) is 21.2. The first-order chi connectivity index (χ1) is 19.2. The molecule has 0 aliphatic carbocycles. The van der Waals surface area contributed by atoms with Gasteiger partial charge >= 0.3 is 0 Å². The number of hydrogen-bond donors (Lipinski definition) is 2. The maximum atomic E-state index is 14.6. The number of pyridine rings is 2. The van der Waals surface area contributed by atoms with Crippen LogP contribution in [-0.4, -0.2) is 61.3 Å². The average molecular weight is 520 g/mol. The van der Waals surface area contributed by atoms with Crippen LogP contribution in [0.15, 0.2) is 73.1 Å². The summed E-state index contributed by atoms with van der Waals surface area (Å²) in [6.45, 7) is 3.84. The van der Waals surface area contributed by atoms with Crippen molar-refractivity contribution in [2.75, 3.05) is 26.2 Å². The van der Waals surface area contributed by atoms with Crippen LogP contribution in [-0.2, 0) is 0 Å². The largest absolute Gasteiger partial charge is 0.491 e. The lowest BCUT2D eigenvalue weighted by Crippen LogP contribution is -2.25. The van der Waals surface area contributed by atoms with Crippen molar-refractivity contribution in [3.63, 3.8) is 0 Å². The van der Waals surface area contributed by atoms with Gasteiger partial charge in [-0.1, -0.05) is 30.3 Å². The van der Waals surface area contributed by atoms with Gasteiger partial charge in [-0.05, 0) is 56.3 Å². The number of aromatic nitrogens is 6. The second-order valence-electron chi connectivity index (χ2n) is 9.74. The van der Waals surface area contributed by atoms with Gasteiger partial charge in [0.05, 0.1) is 28.4 Å². The SMILES string of the molecule is Fc1ccccc1-c1cccc2[nH]c(-c3n[nH]c4ccc(-c5cncc(OCCN6CCCC6)c5)nc34)nc12. The van der Waals surface area contributed by atoms with E-state index in [1.807, 2.05) is 42.5 Å². The molecule has 1 aliphatic rings. The van der Waals surface area contributed by atoms with Gasteiger partial charge in [0.2, 0.25) is 0 Å². The van der Waals surface area contributed by atoms with Crippen molar-refractivity contribution in [2.24, 2.45) is 0 Å². The zero-order valence-electron chi connectivity index (χ0n) is 21.2. The van der Waals surface area contributed by atoms with Gasteiger partial charge in [0, 0.05) is 29.4 Å². The van der Waals surface area contributed by atoms with Crippen molar-refractivity contribution in [1.29, 1.82) is 0 Å². The van der Waals surface area contributed by atoms with Crippen molar-refractivity contribution in [3.8, 4) is 39.7 Å². The summed E-state index contributed by atoms with van der Waals surface area (Å²) in [6, 6.07) is 18.2. The van der Waals surface area contributed by atoms with Gasteiger partial charge < -0.3 is 9.72 Å². The lowest BCUT2D eigenvalue weighted by atomic mass is 10.0. The van der Waals surface area contributed by atoms with Gasteiger partial charge in [0.25, 0.3) is 0 Å². The number of ether oxygens (including phenoxy) is 1. The van der Waals surface area contributed by atoms with Crippen molar-refractivity contribution in [2.45, 2.75) is 12.8 Å². The second kappa shape index (κ2) is 9.92. The van der Waals surface area contributed by atoms with Crippen LogP contribution >= 0.6 is 0 Å². The van der Waals surface area contributed by atoms with Gasteiger partial charge in [-0.25, -0.2) is 14.4 Å². The lowest BCUT2D eigenvalue weighted by molar-refractivity contribution is 0.237. The van der Waals surface area contributed by atoms with E-state index in [9.17, 15) is 4.39 Å². The first-order valence-corrected chi connectivity index (χ1v) is 13.1. The summed E-state index contributed by atoms with van der Waals surface area (Å²) in [4.78, 5) is 19.9. The Morgan fingerprint density at radius 1 is 0.872 bits per heavy atom. The molecule has 1 aliphatic heterocycles. The molecule has 0 spiro atoms. The van der Waals surface area contributed by atoms with E-state index in [0.29, 0.717) is 40.3 Å². The van der Waals surface area contributed by atoms with E-state index in [0.717, 1.165) is 47.7 Å². The summed E-state index contributed by atoms with van der Waals surface area (Å²) in [5, 5.41) is 7.56. The molecular formula is C30H26FN7O. The number of H-pyrrole nitrogens is 2. The predicted molar refractivity (Wildman–Crippen MR) is 149 cm³/mol. The third-order valence-corrected chi connectivity index (χ3v) is 7.19. The highest BCUT2D eigenvalue weighted by molar-refractivity contribution is 5.96. The fraction of sp³-hybridized carbons (Fsp3) is 0.200. The number of imidazole rings is 1. The standard InChI is InChI=1S/C30H26FN7O/c31-23-8-2-1-6-21(23)22-7-5-9-25-27(22)35-30(34-25)29-28-26(36-37-29)11-10-24(33-28)19-16-20(18-32-17-19)39-15-14-38-12-3-4-13-38/h1-2,5-11,16-18H,3-4,12-15H2,(H,34,35)(H,36,37). The molecule has 2 N–H and O–H groups in total. The Hall–Kier alpha value is -4.63. The van der Waals surface area contributed by atoms with Gasteiger partial charge in [0.15, 0.2) is 11.5 Å². The van der Waals surface area contributed by atoms with Crippen LogP contribution in [0.1, 0.15) is 12.8 Å². The van der Waals surface area contributed by atoms with E-state index >= 15 is 0 Å². The summed E-state index contributed by atoms with van der Waals surface area (Å²) in [5.74, 6) is 0.989. The predicted octanol–water partition coefficient (Wildman–Crippen LogP) is 5.84. The molecule has 0 radical (unpaired) electrons. The molecule has 0 saturated carbocycles. The van der Waals surface area contributed by atoms with Crippen molar-refractivity contribution >= 4 is 22.1 Å². The Balaban J connectivity index is 1.21. The number of aromatic amines is 2. The number of likely N-dealkylation sites (tertiary alicyclic amines) is 1. The maximum absolute atomic E-state index is 14.6. The van der Waals surface area contributed by atoms with Gasteiger partial charge in [-0.15, -0.1) is 0 Å². The number of nitrogens with zero attached hydrogens (tertiary/aromatic N) is 5. The molecule has 0 bridgehead atoms. The number of para-hydroxylation sites is 1. The quantitative estimate of drug-likeness (QED) is 0.275. The number of rotatable bonds is 7. The molecule has 1 saturated heterocycles. The highest BCUT2D eigenvalue weighted by Crippen LogP contribution is 2.33. The summed E-state index contributed by atoms with van der Waals surface area (Å²) in [6.07, 6.45) is 6.05. The Labute approximate surface area is 223 Å². The van der Waals surface area contributed by atoms with Crippen LogP contribution in [0.2, 0.25) is 0 Å². The van der Waals surface area contributed by atoms with Gasteiger partial charge in [0.1, 0.15) is 23.7 Å². The van der Waals surface area contributed by atoms with Gasteiger partial charge in [-0.3, -0.25) is 15.0 Å². The van der Waals surface area contributed by atoms with E-state index in [1.54, 1.807) is 24.5 Å². The topological polar surface area (TPSA) is 95.6 Å². The first kappa shape index (κ1) is 23.5. The molecule has 7 rings (SSSR count). The molecule has 0 amide bonds. The average Bonchev–Trinajstić information content (AvgIpc) is 3.73. The lowest BCUT2D eigenvalue weighted by Gasteiger charge is -2.15. The molecule has 0 atom stereocenters. The molecule has 2 aromatic carbocycles. The molecular weight excluding hydrogens is 493 g/mol. The van der Waals surface area contributed by atoms with Crippen LogP contribution in [0.25, 0.3) is 56.0 Å². The van der Waals surface area contributed by atoms with Crippen LogP contribution in [0.3, 0.4) is 0 Å². The highest BCUT2D eigenvalue weighted by Gasteiger charge is 2.18. The van der Waals surface area contributed by atoms with Crippen LogP contribution < -0.4 is 4.74 Å². The zero-order chi connectivity index (χ0) is 26.2. The third kappa shape index (κ3) is 4.51. The summed E-state index contributed by atoms with van der Waals surface area (Å²) in [7, 11) is 0. The number of halogens is 1.